The van der Waals surface area contributed by atoms with E-state index in [0.29, 0.717) is 6.54 Å². The zero-order chi connectivity index (χ0) is 22.7. The molecule has 1 saturated heterocycles. The van der Waals surface area contributed by atoms with Crippen LogP contribution < -0.4 is 0 Å². The number of carbonyl (C=O) groups is 1. The minimum absolute atomic E-state index is 0.0126. The Morgan fingerprint density at radius 3 is 2.31 bits per heavy atom. The van der Waals surface area contributed by atoms with Crippen LogP contribution in [0.15, 0.2) is 84.0 Å². The summed E-state index contributed by atoms with van der Waals surface area (Å²) in [5.41, 5.74) is 4.68. The van der Waals surface area contributed by atoms with E-state index in [2.05, 4.69) is 5.10 Å². The Balaban J connectivity index is 1.71. The van der Waals surface area contributed by atoms with Crippen LogP contribution in [0.5, 0.6) is 0 Å². The number of aryl methyl sites for hydroxylation is 1. The highest BCUT2D eigenvalue weighted by atomic mass is 16.6. The van der Waals surface area contributed by atoms with Crippen molar-refractivity contribution >= 4 is 17.3 Å². The van der Waals surface area contributed by atoms with Crippen molar-refractivity contribution in [1.82, 2.24) is 9.91 Å². The molecule has 1 aliphatic rings. The van der Waals surface area contributed by atoms with Crippen LogP contribution >= 0.6 is 0 Å². The molecule has 0 bridgehead atoms. The van der Waals surface area contributed by atoms with Crippen LogP contribution in [0.4, 0.5) is 5.69 Å². The van der Waals surface area contributed by atoms with E-state index >= 15 is 0 Å². The number of nitrogens with zero attached hydrogens (tertiary/aromatic N) is 4. The third kappa shape index (κ3) is 4.58. The highest BCUT2D eigenvalue weighted by Crippen LogP contribution is 2.33. The smallest absolute Gasteiger partial charge is 0.269 e. The predicted molar refractivity (Wildman–Crippen MR) is 123 cm³/mol. The lowest BCUT2D eigenvalue weighted by atomic mass is 10.1. The molecule has 1 atom stereocenters. The van der Waals surface area contributed by atoms with Crippen molar-refractivity contribution in [1.29, 1.82) is 0 Å². The number of non-ortho nitro benzene ring substituents is 1. The summed E-state index contributed by atoms with van der Waals surface area (Å²) in [7, 11) is 0. The molecule has 1 amide bonds. The maximum absolute atomic E-state index is 13.0. The van der Waals surface area contributed by atoms with Gasteiger partial charge in [-0.05, 0) is 42.7 Å². The van der Waals surface area contributed by atoms with Crippen molar-refractivity contribution < 1.29 is 9.72 Å². The number of carbonyl (C=O) groups excluding carboxylic acids is 1. The predicted octanol–water partition coefficient (Wildman–Crippen LogP) is 4.67. The van der Waals surface area contributed by atoms with Gasteiger partial charge in [0.25, 0.3) is 11.6 Å². The SMILES string of the molecule is C/C(=N/N1C(=O)CN(Cc2ccccc2)[C@H]1c1ccc([N+](=O)[O-])cc1)c1ccc(C)cc1. The Labute approximate surface area is 186 Å². The Hall–Kier alpha value is -3.84. The molecule has 1 fully saturated rings. The van der Waals surface area contributed by atoms with Gasteiger partial charge in [0.05, 0.1) is 17.2 Å². The Morgan fingerprint density at radius 2 is 1.69 bits per heavy atom. The first-order valence-corrected chi connectivity index (χ1v) is 10.4. The van der Waals surface area contributed by atoms with Crippen molar-refractivity contribution in [3.8, 4) is 0 Å². The second-order valence-electron chi connectivity index (χ2n) is 7.90. The summed E-state index contributed by atoms with van der Waals surface area (Å²) in [4.78, 5) is 25.7. The number of rotatable bonds is 6. The van der Waals surface area contributed by atoms with Crippen molar-refractivity contribution in [2.45, 2.75) is 26.6 Å². The number of hydrazone groups is 1. The van der Waals surface area contributed by atoms with Gasteiger partial charge in [0.1, 0.15) is 6.17 Å². The van der Waals surface area contributed by atoms with Gasteiger partial charge in [0.15, 0.2) is 0 Å². The van der Waals surface area contributed by atoms with E-state index in [9.17, 15) is 14.9 Å². The van der Waals surface area contributed by atoms with Crippen molar-refractivity contribution in [3.63, 3.8) is 0 Å². The van der Waals surface area contributed by atoms with Crippen LogP contribution in [0.2, 0.25) is 0 Å². The normalized spacial score (nSPS) is 17.1. The van der Waals surface area contributed by atoms with Gasteiger partial charge in [-0.3, -0.25) is 19.8 Å². The van der Waals surface area contributed by atoms with Crippen molar-refractivity contribution in [2.75, 3.05) is 6.54 Å². The summed E-state index contributed by atoms with van der Waals surface area (Å²) < 4.78 is 0. The van der Waals surface area contributed by atoms with Gasteiger partial charge in [0, 0.05) is 18.7 Å². The zero-order valence-electron chi connectivity index (χ0n) is 18.0. The van der Waals surface area contributed by atoms with E-state index in [-0.39, 0.29) is 18.1 Å². The first-order valence-electron chi connectivity index (χ1n) is 10.4. The lowest BCUT2D eigenvalue weighted by molar-refractivity contribution is -0.384. The standard InChI is InChI=1S/C25H24N4O3/c1-18-8-10-21(11-9-18)19(2)26-28-24(30)17-27(16-20-6-4-3-5-7-20)25(28)22-12-14-23(15-13-22)29(31)32/h3-15,25H,16-17H2,1-2H3/b26-19-/t25-/m1/s1. The lowest BCUT2D eigenvalue weighted by Gasteiger charge is -2.28. The molecule has 0 radical (unpaired) electrons. The maximum Gasteiger partial charge on any atom is 0.269 e. The molecule has 32 heavy (non-hydrogen) atoms. The topological polar surface area (TPSA) is 79.0 Å². The van der Waals surface area contributed by atoms with Gasteiger partial charge >= 0.3 is 0 Å². The average Bonchev–Trinajstić information content (AvgIpc) is 3.09. The van der Waals surface area contributed by atoms with Crippen molar-refractivity contribution in [2.24, 2.45) is 5.10 Å². The Kier molecular flexibility index (Phi) is 6.09. The third-order valence-electron chi connectivity index (χ3n) is 5.53. The third-order valence-corrected chi connectivity index (χ3v) is 5.53. The summed E-state index contributed by atoms with van der Waals surface area (Å²) in [5.74, 6) is -0.115. The molecule has 0 N–H and O–H groups in total. The molecule has 7 nitrogen and oxygen atoms in total. The molecule has 3 aromatic carbocycles. The summed E-state index contributed by atoms with van der Waals surface area (Å²) in [6, 6.07) is 24.2. The molecule has 4 rings (SSSR count). The van der Waals surface area contributed by atoms with Gasteiger partial charge in [-0.2, -0.15) is 5.10 Å². The van der Waals surface area contributed by atoms with Crippen LogP contribution in [-0.2, 0) is 11.3 Å². The summed E-state index contributed by atoms with van der Waals surface area (Å²) in [6.07, 6.45) is -0.455. The fourth-order valence-corrected chi connectivity index (χ4v) is 3.83. The second kappa shape index (κ2) is 9.11. The monoisotopic (exact) mass is 428 g/mol. The maximum atomic E-state index is 13.0. The highest BCUT2D eigenvalue weighted by Gasteiger charge is 2.39. The second-order valence-corrected chi connectivity index (χ2v) is 7.90. The summed E-state index contributed by atoms with van der Waals surface area (Å²) >= 11 is 0. The van der Waals surface area contributed by atoms with Crippen LogP contribution in [0, 0.1) is 17.0 Å². The largest absolute Gasteiger partial charge is 0.271 e. The molecule has 1 aliphatic heterocycles. The molecule has 0 aromatic heterocycles. The minimum atomic E-state index is -0.455. The molecule has 1 heterocycles. The highest BCUT2D eigenvalue weighted by molar-refractivity contribution is 5.99. The zero-order valence-corrected chi connectivity index (χ0v) is 18.0. The summed E-state index contributed by atoms with van der Waals surface area (Å²) in [6.45, 7) is 4.67. The fourth-order valence-electron chi connectivity index (χ4n) is 3.83. The fraction of sp³-hybridized carbons (Fsp3) is 0.200. The molecule has 0 unspecified atom stereocenters. The summed E-state index contributed by atoms with van der Waals surface area (Å²) in [5, 5.41) is 17.3. The van der Waals surface area contributed by atoms with Gasteiger partial charge in [0.2, 0.25) is 0 Å². The Bertz CT molecular complexity index is 1140. The van der Waals surface area contributed by atoms with E-state index in [1.807, 2.05) is 73.3 Å². The Morgan fingerprint density at radius 1 is 1.03 bits per heavy atom. The first kappa shape index (κ1) is 21.4. The van der Waals surface area contributed by atoms with Gasteiger partial charge < -0.3 is 0 Å². The number of nitro groups is 1. The van der Waals surface area contributed by atoms with Crippen molar-refractivity contribution in [3.05, 3.63) is 111 Å². The van der Waals surface area contributed by atoms with Gasteiger partial charge in [-0.1, -0.05) is 60.2 Å². The number of amides is 1. The molecule has 0 aliphatic carbocycles. The van der Waals surface area contributed by atoms with E-state index < -0.39 is 11.1 Å². The molecule has 0 saturated carbocycles. The van der Waals surface area contributed by atoms with E-state index in [4.69, 9.17) is 0 Å². The van der Waals surface area contributed by atoms with Crippen LogP contribution in [0.25, 0.3) is 0 Å². The van der Waals surface area contributed by atoms with E-state index in [1.54, 1.807) is 12.1 Å². The quantitative estimate of drug-likeness (QED) is 0.325. The minimum Gasteiger partial charge on any atom is -0.271 e. The van der Waals surface area contributed by atoms with Crippen LogP contribution in [0.1, 0.15) is 35.3 Å². The van der Waals surface area contributed by atoms with E-state index in [1.165, 1.54) is 17.1 Å². The molecular formula is C25H24N4O3. The number of hydrogen-bond acceptors (Lipinski definition) is 5. The number of hydrogen-bond donors (Lipinski definition) is 0. The number of nitro benzene ring substituents is 1. The molecular weight excluding hydrogens is 404 g/mol. The first-order chi connectivity index (χ1) is 15.4. The van der Waals surface area contributed by atoms with Crippen LogP contribution in [-0.4, -0.2) is 33.0 Å². The molecule has 0 spiro atoms. The number of benzene rings is 3. The molecule has 7 heteroatoms. The molecule has 162 valence electrons. The van der Waals surface area contributed by atoms with Gasteiger partial charge in [-0.15, -0.1) is 0 Å². The van der Waals surface area contributed by atoms with Crippen LogP contribution in [0.3, 0.4) is 0 Å². The van der Waals surface area contributed by atoms with E-state index in [0.717, 1.165) is 28.0 Å². The van der Waals surface area contributed by atoms with Gasteiger partial charge in [-0.25, -0.2) is 5.01 Å². The average molecular weight is 428 g/mol. The lowest BCUT2D eigenvalue weighted by Crippen LogP contribution is -2.29. The molecule has 3 aromatic rings.